The van der Waals surface area contributed by atoms with E-state index in [9.17, 15) is 9.90 Å². The molecule has 4 aliphatic rings. The van der Waals surface area contributed by atoms with Crippen LogP contribution in [-0.2, 0) is 9.53 Å². The van der Waals surface area contributed by atoms with Crippen molar-refractivity contribution in [2.24, 2.45) is 34.5 Å². The number of ether oxygens (including phenoxy) is 1. The molecule has 8 atom stereocenters. The van der Waals surface area contributed by atoms with E-state index in [1.807, 2.05) is 0 Å². The van der Waals surface area contributed by atoms with Gasteiger partial charge in [-0.25, -0.2) is 0 Å². The SMILES string of the molecule is C#C[C@]1(O)CC[C@@]2(C)[C@@H](CC[C@@H]3[C@H]2CC[C@]2(C)[C@@H](OC(C)=O)CC[C@H]32)C1. The van der Waals surface area contributed by atoms with E-state index in [4.69, 9.17) is 11.2 Å². The van der Waals surface area contributed by atoms with Gasteiger partial charge >= 0.3 is 5.97 Å². The number of carbonyl (C=O) groups excluding carboxylic acids is 1. The molecule has 0 aromatic rings. The summed E-state index contributed by atoms with van der Waals surface area (Å²) >= 11 is 0. The van der Waals surface area contributed by atoms with Crippen LogP contribution in [0, 0.1) is 46.8 Å². The van der Waals surface area contributed by atoms with Crippen LogP contribution in [0.15, 0.2) is 0 Å². The molecular weight excluding hydrogens is 324 g/mol. The summed E-state index contributed by atoms with van der Waals surface area (Å²) in [6, 6.07) is 0. The molecule has 3 heteroatoms. The first-order valence-electron chi connectivity index (χ1n) is 10.6. The Labute approximate surface area is 158 Å². The molecule has 0 aromatic carbocycles. The summed E-state index contributed by atoms with van der Waals surface area (Å²) in [6.07, 6.45) is 15.4. The van der Waals surface area contributed by atoms with Crippen molar-refractivity contribution in [1.29, 1.82) is 0 Å². The Morgan fingerprint density at radius 2 is 1.77 bits per heavy atom. The van der Waals surface area contributed by atoms with Crippen molar-refractivity contribution in [1.82, 2.24) is 0 Å². The molecule has 0 bridgehead atoms. The highest BCUT2D eigenvalue weighted by Crippen LogP contribution is 2.67. The second-order valence-electron chi connectivity index (χ2n) is 10.3. The molecule has 26 heavy (non-hydrogen) atoms. The van der Waals surface area contributed by atoms with Gasteiger partial charge in [0.2, 0.25) is 0 Å². The van der Waals surface area contributed by atoms with Crippen molar-refractivity contribution < 1.29 is 14.6 Å². The van der Waals surface area contributed by atoms with Crippen molar-refractivity contribution >= 4 is 5.97 Å². The molecule has 4 saturated carbocycles. The van der Waals surface area contributed by atoms with Gasteiger partial charge in [0.05, 0.1) is 0 Å². The summed E-state index contributed by atoms with van der Waals surface area (Å²) in [5, 5.41) is 10.7. The average Bonchev–Trinajstić information content (AvgIpc) is 2.92. The molecule has 0 heterocycles. The summed E-state index contributed by atoms with van der Waals surface area (Å²) in [5.74, 6) is 5.25. The van der Waals surface area contributed by atoms with Gasteiger partial charge < -0.3 is 9.84 Å². The van der Waals surface area contributed by atoms with Crippen LogP contribution >= 0.6 is 0 Å². The fourth-order valence-electron chi connectivity index (χ4n) is 7.72. The van der Waals surface area contributed by atoms with E-state index in [1.165, 1.54) is 32.1 Å². The van der Waals surface area contributed by atoms with E-state index >= 15 is 0 Å². The Bertz CT molecular complexity index is 636. The third-order valence-electron chi connectivity index (χ3n) is 9.22. The van der Waals surface area contributed by atoms with Crippen molar-refractivity contribution in [2.75, 3.05) is 0 Å². The van der Waals surface area contributed by atoms with Gasteiger partial charge in [0, 0.05) is 12.3 Å². The first-order valence-corrected chi connectivity index (χ1v) is 10.6. The number of fused-ring (bicyclic) bond motifs is 5. The summed E-state index contributed by atoms with van der Waals surface area (Å²) < 4.78 is 5.74. The van der Waals surface area contributed by atoms with Crippen LogP contribution in [0.3, 0.4) is 0 Å². The molecule has 3 nitrogen and oxygen atoms in total. The summed E-state index contributed by atoms with van der Waals surface area (Å²) in [5.41, 5.74) is -0.412. The van der Waals surface area contributed by atoms with Gasteiger partial charge in [-0.1, -0.05) is 19.8 Å². The van der Waals surface area contributed by atoms with Gasteiger partial charge in [-0.15, -0.1) is 6.42 Å². The predicted octanol–water partition coefficient (Wildman–Crippen LogP) is 4.33. The number of terminal acetylenes is 1. The number of aliphatic hydroxyl groups is 1. The van der Waals surface area contributed by atoms with E-state index in [0.717, 1.165) is 37.5 Å². The number of carbonyl (C=O) groups is 1. The van der Waals surface area contributed by atoms with E-state index in [-0.39, 0.29) is 17.5 Å². The average molecular weight is 359 g/mol. The Morgan fingerprint density at radius 3 is 2.46 bits per heavy atom. The van der Waals surface area contributed by atoms with Crippen LogP contribution < -0.4 is 0 Å². The maximum atomic E-state index is 11.6. The molecule has 4 rings (SSSR count). The fourth-order valence-corrected chi connectivity index (χ4v) is 7.72. The molecule has 0 unspecified atom stereocenters. The topological polar surface area (TPSA) is 46.5 Å². The largest absolute Gasteiger partial charge is 0.462 e. The highest BCUT2D eigenvalue weighted by Gasteiger charge is 2.61. The number of esters is 1. The lowest BCUT2D eigenvalue weighted by atomic mass is 9.44. The maximum absolute atomic E-state index is 11.6. The third-order valence-corrected chi connectivity index (χ3v) is 9.22. The molecule has 0 spiro atoms. The molecule has 1 N–H and O–H groups in total. The zero-order valence-electron chi connectivity index (χ0n) is 16.6. The van der Waals surface area contributed by atoms with Gasteiger partial charge in [-0.3, -0.25) is 4.79 Å². The Balaban J connectivity index is 1.57. The van der Waals surface area contributed by atoms with Crippen molar-refractivity contribution in [2.45, 2.75) is 90.3 Å². The van der Waals surface area contributed by atoms with Crippen LogP contribution in [0.5, 0.6) is 0 Å². The molecule has 0 amide bonds. The summed E-state index contributed by atoms with van der Waals surface area (Å²) in [6.45, 7) is 6.40. The monoisotopic (exact) mass is 358 g/mol. The second kappa shape index (κ2) is 5.99. The molecular formula is C23H34O3. The molecule has 0 saturated heterocycles. The van der Waals surface area contributed by atoms with Crippen LogP contribution in [0.25, 0.3) is 0 Å². The van der Waals surface area contributed by atoms with Crippen LogP contribution in [0.4, 0.5) is 0 Å². The van der Waals surface area contributed by atoms with Gasteiger partial charge in [-0.2, -0.15) is 0 Å². The zero-order chi connectivity index (χ0) is 18.7. The second-order valence-corrected chi connectivity index (χ2v) is 10.3. The Morgan fingerprint density at radius 1 is 1.04 bits per heavy atom. The Hall–Kier alpha value is -1.01. The van der Waals surface area contributed by atoms with Gasteiger partial charge in [0.15, 0.2) is 0 Å². The standard InChI is InChI=1S/C23H34O3/c1-5-23(25)13-12-21(3)16(14-23)6-7-17-18-8-9-20(26-15(2)24)22(18,4)11-10-19(17)21/h1,16-20,25H,6-14H2,2-4H3/t16-,17-,18+,19+,20-,21-,22-,23-/m0/s1. The van der Waals surface area contributed by atoms with Gasteiger partial charge in [-0.05, 0) is 86.9 Å². The van der Waals surface area contributed by atoms with Crippen LogP contribution in [0.2, 0.25) is 0 Å². The minimum Gasteiger partial charge on any atom is -0.462 e. The minimum atomic E-state index is -0.881. The highest BCUT2D eigenvalue weighted by molar-refractivity contribution is 5.66. The number of hydrogen-bond acceptors (Lipinski definition) is 3. The Kier molecular flexibility index (Phi) is 4.23. The molecule has 0 aliphatic heterocycles. The smallest absolute Gasteiger partial charge is 0.302 e. The van der Waals surface area contributed by atoms with Crippen molar-refractivity contribution in [3.8, 4) is 12.3 Å². The molecule has 0 aromatic heterocycles. The van der Waals surface area contributed by atoms with E-state index in [1.54, 1.807) is 6.92 Å². The first kappa shape index (κ1) is 18.4. The number of rotatable bonds is 1. The highest BCUT2D eigenvalue weighted by atomic mass is 16.5. The number of hydrogen-bond donors (Lipinski definition) is 1. The molecule has 144 valence electrons. The third kappa shape index (κ3) is 2.55. The lowest BCUT2D eigenvalue weighted by molar-refractivity contribution is -0.165. The normalized spacial score (nSPS) is 53.0. The predicted molar refractivity (Wildman–Crippen MR) is 101 cm³/mol. The lowest BCUT2D eigenvalue weighted by Gasteiger charge is -2.61. The lowest BCUT2D eigenvalue weighted by Crippen LogP contribution is -2.56. The van der Waals surface area contributed by atoms with E-state index in [2.05, 4.69) is 19.8 Å². The summed E-state index contributed by atoms with van der Waals surface area (Å²) in [7, 11) is 0. The maximum Gasteiger partial charge on any atom is 0.302 e. The zero-order valence-corrected chi connectivity index (χ0v) is 16.6. The van der Waals surface area contributed by atoms with Crippen molar-refractivity contribution in [3.63, 3.8) is 0 Å². The first-order chi connectivity index (χ1) is 12.2. The fraction of sp³-hybridized carbons (Fsp3) is 0.870. The van der Waals surface area contributed by atoms with E-state index in [0.29, 0.717) is 17.3 Å². The quantitative estimate of drug-likeness (QED) is 0.561. The molecule has 0 radical (unpaired) electrons. The molecule has 4 aliphatic carbocycles. The van der Waals surface area contributed by atoms with Crippen LogP contribution in [-0.4, -0.2) is 22.8 Å². The van der Waals surface area contributed by atoms with Crippen LogP contribution in [0.1, 0.15) is 78.6 Å². The van der Waals surface area contributed by atoms with Crippen molar-refractivity contribution in [3.05, 3.63) is 0 Å². The van der Waals surface area contributed by atoms with E-state index < -0.39 is 5.60 Å². The minimum absolute atomic E-state index is 0.106. The van der Waals surface area contributed by atoms with Gasteiger partial charge in [0.1, 0.15) is 11.7 Å². The summed E-state index contributed by atoms with van der Waals surface area (Å²) in [4.78, 5) is 11.6. The van der Waals surface area contributed by atoms with Gasteiger partial charge in [0.25, 0.3) is 0 Å². The molecule has 4 fully saturated rings.